The van der Waals surface area contributed by atoms with E-state index in [2.05, 4.69) is 0 Å². The van der Waals surface area contributed by atoms with Crippen molar-refractivity contribution in [2.45, 2.75) is 4.90 Å². The van der Waals surface area contributed by atoms with Crippen LogP contribution in [-0.2, 0) is 9.53 Å². The number of ketones is 1. The molecule has 2 aromatic carbocycles. The van der Waals surface area contributed by atoms with E-state index in [4.69, 9.17) is 9.47 Å². The summed E-state index contributed by atoms with van der Waals surface area (Å²) in [7, 11) is 0. The summed E-state index contributed by atoms with van der Waals surface area (Å²) in [5.41, 5.74) is 1.68. The predicted octanol–water partition coefficient (Wildman–Crippen LogP) is 3.25. The lowest BCUT2D eigenvalue weighted by Crippen LogP contribution is -2.42. The van der Waals surface area contributed by atoms with E-state index in [9.17, 15) is 9.59 Å². The zero-order valence-corrected chi connectivity index (χ0v) is 15.5. The van der Waals surface area contributed by atoms with Crippen molar-refractivity contribution in [1.82, 2.24) is 4.90 Å². The van der Waals surface area contributed by atoms with Crippen molar-refractivity contribution in [3.05, 3.63) is 64.6 Å². The summed E-state index contributed by atoms with van der Waals surface area (Å²) in [5, 5.41) is 0. The average molecular weight is 381 g/mol. The summed E-state index contributed by atoms with van der Waals surface area (Å²) in [5.74, 6) is 0.662. The molecule has 0 aliphatic carbocycles. The first-order valence-electron chi connectivity index (χ1n) is 8.82. The molecule has 1 fully saturated rings. The molecule has 0 bridgehead atoms. The van der Waals surface area contributed by atoms with Gasteiger partial charge in [-0.3, -0.25) is 9.59 Å². The second kappa shape index (κ2) is 7.98. The maximum atomic E-state index is 12.4. The number of morpholine rings is 1. The number of nitrogens with zero attached hydrogens (tertiary/aromatic N) is 1. The number of hydrogen-bond donors (Lipinski definition) is 0. The van der Waals surface area contributed by atoms with Gasteiger partial charge in [-0.15, -0.1) is 0 Å². The molecule has 0 spiro atoms. The monoisotopic (exact) mass is 381 g/mol. The third kappa shape index (κ3) is 4.07. The summed E-state index contributed by atoms with van der Waals surface area (Å²) in [4.78, 5) is 28.0. The fourth-order valence-electron chi connectivity index (χ4n) is 3.00. The Kier molecular flexibility index (Phi) is 5.27. The molecule has 2 aliphatic rings. The molecule has 27 heavy (non-hydrogen) atoms. The van der Waals surface area contributed by atoms with E-state index >= 15 is 0 Å². The van der Waals surface area contributed by atoms with Gasteiger partial charge < -0.3 is 14.4 Å². The lowest BCUT2D eigenvalue weighted by Gasteiger charge is -2.26. The van der Waals surface area contributed by atoms with Gasteiger partial charge in [0.25, 0.3) is 5.91 Å². The minimum Gasteiger partial charge on any atom is -0.484 e. The highest BCUT2D eigenvalue weighted by molar-refractivity contribution is 8.04. The Balaban J connectivity index is 1.37. The number of carbonyl (C=O) groups excluding carboxylic acids is 2. The molecule has 0 aromatic heterocycles. The van der Waals surface area contributed by atoms with Gasteiger partial charge >= 0.3 is 0 Å². The molecule has 6 heteroatoms. The highest BCUT2D eigenvalue weighted by Gasteiger charge is 2.25. The number of carbonyl (C=O) groups is 2. The van der Waals surface area contributed by atoms with Crippen LogP contribution in [0.4, 0.5) is 0 Å². The third-order valence-corrected chi connectivity index (χ3v) is 5.58. The number of thioether (sulfide) groups is 1. The minimum atomic E-state index is -0.0322. The highest BCUT2D eigenvalue weighted by Crippen LogP contribution is 2.40. The van der Waals surface area contributed by atoms with Crippen molar-refractivity contribution >= 4 is 29.5 Å². The van der Waals surface area contributed by atoms with Crippen LogP contribution in [0.5, 0.6) is 5.75 Å². The van der Waals surface area contributed by atoms with Crippen molar-refractivity contribution < 1.29 is 19.1 Å². The Labute approximate surface area is 162 Å². The van der Waals surface area contributed by atoms with Crippen molar-refractivity contribution in [3.63, 3.8) is 0 Å². The zero-order valence-electron chi connectivity index (χ0n) is 14.7. The van der Waals surface area contributed by atoms with Crippen molar-refractivity contribution in [2.24, 2.45) is 0 Å². The van der Waals surface area contributed by atoms with Crippen molar-refractivity contribution in [1.29, 1.82) is 0 Å². The SMILES string of the molecule is O=C1C(=Cc2ccc(OCC(=O)N3CCOCC3)cc2)Sc2ccccc21. The molecule has 138 valence electrons. The summed E-state index contributed by atoms with van der Waals surface area (Å²) in [6, 6.07) is 15.0. The molecule has 2 heterocycles. The molecule has 5 nitrogen and oxygen atoms in total. The average Bonchev–Trinajstić information content (AvgIpc) is 3.03. The van der Waals surface area contributed by atoms with E-state index in [0.717, 1.165) is 16.0 Å². The van der Waals surface area contributed by atoms with Gasteiger partial charge in [-0.05, 0) is 35.9 Å². The molecule has 4 rings (SSSR count). The number of Topliss-reactive ketones (excluding diaryl/α,β-unsaturated/α-hetero) is 1. The van der Waals surface area contributed by atoms with Gasteiger partial charge in [-0.2, -0.15) is 0 Å². The number of hydrogen-bond acceptors (Lipinski definition) is 5. The first-order valence-corrected chi connectivity index (χ1v) is 9.64. The van der Waals surface area contributed by atoms with Crippen molar-refractivity contribution in [3.8, 4) is 5.75 Å². The molecule has 0 N–H and O–H groups in total. The third-order valence-electron chi connectivity index (χ3n) is 4.48. The van der Waals surface area contributed by atoms with Gasteiger partial charge in [0.15, 0.2) is 6.61 Å². The van der Waals surface area contributed by atoms with Crippen LogP contribution in [0.3, 0.4) is 0 Å². The van der Waals surface area contributed by atoms with E-state index in [1.165, 1.54) is 11.8 Å². The molecule has 2 aliphatic heterocycles. The quantitative estimate of drug-likeness (QED) is 0.761. The van der Waals surface area contributed by atoms with Crippen LogP contribution in [0.2, 0.25) is 0 Å². The van der Waals surface area contributed by atoms with Crippen LogP contribution < -0.4 is 4.74 Å². The van der Waals surface area contributed by atoms with Crippen LogP contribution in [0.25, 0.3) is 6.08 Å². The summed E-state index contributed by atoms with van der Waals surface area (Å²) >= 11 is 1.49. The Hall–Kier alpha value is -2.57. The number of rotatable bonds is 4. The Morgan fingerprint density at radius 2 is 1.85 bits per heavy atom. The molecular formula is C21H19NO4S. The van der Waals surface area contributed by atoms with Crippen molar-refractivity contribution in [2.75, 3.05) is 32.9 Å². The largest absolute Gasteiger partial charge is 0.484 e. The summed E-state index contributed by atoms with van der Waals surface area (Å²) in [6.45, 7) is 2.40. The molecule has 0 saturated carbocycles. The molecule has 1 amide bonds. The lowest BCUT2D eigenvalue weighted by molar-refractivity contribution is -0.137. The fourth-order valence-corrected chi connectivity index (χ4v) is 4.05. The highest BCUT2D eigenvalue weighted by atomic mass is 32.2. The van der Waals surface area contributed by atoms with Gasteiger partial charge in [-0.25, -0.2) is 0 Å². The molecule has 0 atom stereocenters. The topological polar surface area (TPSA) is 55.8 Å². The maximum Gasteiger partial charge on any atom is 0.260 e. The lowest BCUT2D eigenvalue weighted by atomic mass is 10.1. The summed E-state index contributed by atoms with van der Waals surface area (Å²) in [6.07, 6.45) is 1.88. The Bertz CT molecular complexity index is 885. The zero-order chi connectivity index (χ0) is 18.6. The van der Waals surface area contributed by atoms with Gasteiger partial charge in [0.2, 0.25) is 5.78 Å². The van der Waals surface area contributed by atoms with E-state index in [0.29, 0.717) is 37.0 Å². The number of fused-ring (bicyclic) bond motifs is 1. The Morgan fingerprint density at radius 1 is 1.11 bits per heavy atom. The summed E-state index contributed by atoms with van der Waals surface area (Å²) < 4.78 is 10.8. The van der Waals surface area contributed by atoms with Crippen LogP contribution in [0, 0.1) is 0 Å². The number of benzene rings is 2. The molecular weight excluding hydrogens is 362 g/mol. The number of amides is 1. The van der Waals surface area contributed by atoms with Crippen LogP contribution in [-0.4, -0.2) is 49.5 Å². The van der Waals surface area contributed by atoms with E-state index < -0.39 is 0 Å². The van der Waals surface area contributed by atoms with Crippen LogP contribution in [0.15, 0.2) is 58.3 Å². The van der Waals surface area contributed by atoms with E-state index in [-0.39, 0.29) is 18.3 Å². The van der Waals surface area contributed by atoms with Gasteiger partial charge in [0.05, 0.1) is 18.1 Å². The molecule has 1 saturated heterocycles. The van der Waals surface area contributed by atoms with Crippen LogP contribution in [0.1, 0.15) is 15.9 Å². The standard InChI is InChI=1S/C21H19NO4S/c23-20(22-9-11-25-12-10-22)14-26-16-7-5-15(6-8-16)13-19-21(24)17-3-1-2-4-18(17)27-19/h1-8,13H,9-12,14H2. The maximum absolute atomic E-state index is 12.4. The molecule has 0 radical (unpaired) electrons. The predicted molar refractivity (Wildman–Crippen MR) is 104 cm³/mol. The fraction of sp³-hybridized carbons (Fsp3) is 0.238. The van der Waals surface area contributed by atoms with Gasteiger partial charge in [-0.1, -0.05) is 36.0 Å². The number of ether oxygens (including phenoxy) is 2. The molecule has 0 unspecified atom stereocenters. The number of allylic oxidation sites excluding steroid dienone is 1. The minimum absolute atomic E-state index is 0.0179. The van der Waals surface area contributed by atoms with Crippen LogP contribution >= 0.6 is 11.8 Å². The second-order valence-corrected chi connectivity index (χ2v) is 7.37. The Morgan fingerprint density at radius 3 is 2.59 bits per heavy atom. The van der Waals surface area contributed by atoms with Gasteiger partial charge in [0, 0.05) is 23.5 Å². The van der Waals surface area contributed by atoms with E-state index in [1.807, 2.05) is 54.6 Å². The smallest absolute Gasteiger partial charge is 0.260 e. The normalized spacial score (nSPS) is 17.9. The second-order valence-electron chi connectivity index (χ2n) is 6.29. The van der Waals surface area contributed by atoms with E-state index in [1.54, 1.807) is 4.90 Å². The molecule has 2 aromatic rings. The first-order chi connectivity index (χ1) is 13.2. The van der Waals surface area contributed by atoms with Gasteiger partial charge in [0.1, 0.15) is 5.75 Å². The first kappa shape index (κ1) is 17.8.